The van der Waals surface area contributed by atoms with Gasteiger partial charge in [0.1, 0.15) is 5.56 Å². The van der Waals surface area contributed by atoms with Crippen LogP contribution in [0.25, 0.3) is 11.3 Å². The molecule has 5 heterocycles. The average Bonchev–Trinajstić information content (AvgIpc) is 3.38. The molecule has 0 bridgehead atoms. The molecule has 0 aromatic carbocycles. The number of aromatic nitrogens is 6. The first-order valence-electron chi connectivity index (χ1n) is 10.3. The van der Waals surface area contributed by atoms with Crippen LogP contribution in [0.5, 0.6) is 0 Å². The highest BCUT2D eigenvalue weighted by molar-refractivity contribution is 5.99. The summed E-state index contributed by atoms with van der Waals surface area (Å²) in [5.74, 6) is 0.0490. The van der Waals surface area contributed by atoms with Gasteiger partial charge in [0.05, 0.1) is 6.20 Å². The number of hydrogen-bond donors (Lipinski definition) is 1. The number of rotatable bonds is 3. The minimum absolute atomic E-state index is 0.0487. The molecule has 1 fully saturated rings. The zero-order valence-electron chi connectivity index (χ0n) is 17.0. The number of carbonyl (C=O) groups is 1. The molecule has 5 rings (SSSR count). The number of amides is 1. The summed E-state index contributed by atoms with van der Waals surface area (Å²) in [5.41, 5.74) is 4.08. The second-order valence-electron chi connectivity index (χ2n) is 7.78. The van der Waals surface area contributed by atoms with Crippen LogP contribution in [0.15, 0.2) is 35.5 Å². The highest BCUT2D eigenvalue weighted by atomic mass is 16.2. The molecule has 0 spiro atoms. The summed E-state index contributed by atoms with van der Waals surface area (Å²) in [6.07, 6.45) is 7.50. The predicted octanol–water partition coefficient (Wildman–Crippen LogP) is 1.96. The van der Waals surface area contributed by atoms with E-state index in [9.17, 15) is 9.59 Å². The Kier molecular flexibility index (Phi) is 4.38. The summed E-state index contributed by atoms with van der Waals surface area (Å²) >= 11 is 0. The normalized spacial score (nSPS) is 17.1. The second kappa shape index (κ2) is 7.08. The van der Waals surface area contributed by atoms with Crippen molar-refractivity contribution >= 4 is 17.2 Å². The van der Waals surface area contributed by atoms with Crippen molar-refractivity contribution in [3.05, 3.63) is 63.6 Å². The quantitative estimate of drug-likeness (QED) is 0.562. The van der Waals surface area contributed by atoms with E-state index in [1.165, 1.54) is 4.52 Å². The van der Waals surface area contributed by atoms with Gasteiger partial charge in [0.2, 0.25) is 0 Å². The number of aryl methyl sites for hydroxylation is 1. The number of piperidine rings is 1. The van der Waals surface area contributed by atoms with E-state index in [4.69, 9.17) is 0 Å². The predicted molar refractivity (Wildman–Crippen MR) is 111 cm³/mol. The molecule has 0 aliphatic carbocycles. The van der Waals surface area contributed by atoms with Gasteiger partial charge in [-0.2, -0.15) is 5.10 Å². The third kappa shape index (κ3) is 2.89. The van der Waals surface area contributed by atoms with E-state index in [-0.39, 0.29) is 17.4 Å². The van der Waals surface area contributed by atoms with Gasteiger partial charge in [0.15, 0.2) is 11.3 Å². The Bertz CT molecular complexity index is 1320. The lowest BCUT2D eigenvalue weighted by atomic mass is 9.94. The van der Waals surface area contributed by atoms with Crippen molar-refractivity contribution in [1.29, 1.82) is 0 Å². The van der Waals surface area contributed by atoms with Crippen LogP contribution in [0.3, 0.4) is 0 Å². The van der Waals surface area contributed by atoms with Crippen molar-refractivity contribution in [1.82, 2.24) is 34.1 Å². The van der Waals surface area contributed by atoms with Gasteiger partial charge in [0.25, 0.3) is 11.5 Å². The van der Waals surface area contributed by atoms with Gasteiger partial charge in [-0.25, -0.2) is 19.0 Å². The van der Waals surface area contributed by atoms with Crippen molar-refractivity contribution < 1.29 is 4.79 Å². The van der Waals surface area contributed by atoms with Crippen LogP contribution in [0.2, 0.25) is 0 Å². The molecular weight excluding hydrogens is 382 g/mol. The molecule has 154 valence electrons. The number of H-pyrrole nitrogens is 1. The third-order valence-corrected chi connectivity index (χ3v) is 5.95. The van der Waals surface area contributed by atoms with Crippen LogP contribution in [0.1, 0.15) is 53.0 Å². The van der Waals surface area contributed by atoms with E-state index in [1.54, 1.807) is 29.2 Å². The number of aromatic amines is 1. The molecule has 1 amide bonds. The summed E-state index contributed by atoms with van der Waals surface area (Å²) < 4.78 is 3.13. The van der Waals surface area contributed by atoms with Crippen LogP contribution < -0.4 is 5.56 Å². The van der Waals surface area contributed by atoms with E-state index in [0.717, 1.165) is 29.8 Å². The maximum absolute atomic E-state index is 13.2. The van der Waals surface area contributed by atoms with E-state index >= 15 is 0 Å². The molecular formula is C21H23N7O2. The minimum Gasteiger partial charge on any atom is -0.338 e. The Hall–Kier alpha value is -3.49. The minimum atomic E-state index is -0.0658. The number of carbonyl (C=O) groups excluding carboxylic acids is 1. The van der Waals surface area contributed by atoms with E-state index < -0.39 is 0 Å². The fourth-order valence-electron chi connectivity index (χ4n) is 4.37. The van der Waals surface area contributed by atoms with Gasteiger partial charge in [-0.05, 0) is 32.3 Å². The molecule has 1 saturated heterocycles. The molecule has 4 aromatic rings. The summed E-state index contributed by atoms with van der Waals surface area (Å²) in [6.45, 7) is 5.10. The van der Waals surface area contributed by atoms with Gasteiger partial charge in [-0.15, -0.1) is 0 Å². The van der Waals surface area contributed by atoms with Crippen LogP contribution in [-0.2, 0) is 6.42 Å². The van der Waals surface area contributed by atoms with Crippen molar-refractivity contribution in [3.63, 3.8) is 0 Å². The first-order valence-corrected chi connectivity index (χ1v) is 10.3. The molecule has 9 nitrogen and oxygen atoms in total. The molecule has 1 N–H and O–H groups in total. The fourth-order valence-corrected chi connectivity index (χ4v) is 4.37. The lowest BCUT2D eigenvalue weighted by Crippen LogP contribution is -2.39. The monoisotopic (exact) mass is 405 g/mol. The Morgan fingerprint density at radius 2 is 2.23 bits per heavy atom. The number of hydrogen-bond acceptors (Lipinski definition) is 5. The molecule has 1 aliphatic heterocycles. The van der Waals surface area contributed by atoms with Crippen molar-refractivity contribution in [2.45, 2.75) is 39.0 Å². The summed E-state index contributed by atoms with van der Waals surface area (Å²) in [6, 6.07) is 3.71. The summed E-state index contributed by atoms with van der Waals surface area (Å²) in [5, 5.41) is 7.46. The van der Waals surface area contributed by atoms with E-state index in [0.29, 0.717) is 36.4 Å². The molecule has 9 heteroatoms. The lowest BCUT2D eigenvalue weighted by Gasteiger charge is -2.32. The van der Waals surface area contributed by atoms with Crippen LogP contribution >= 0.6 is 0 Å². The SMILES string of the molecule is CCc1c(C)nc2cc(C3CCCN(C(=O)c4cnn5cccnc45)C3)[nH]n2c1=O. The number of likely N-dealkylation sites (tertiary alicyclic amines) is 1. The second-order valence-corrected chi connectivity index (χ2v) is 7.78. The van der Waals surface area contributed by atoms with Gasteiger partial charge >= 0.3 is 0 Å². The highest BCUT2D eigenvalue weighted by Gasteiger charge is 2.29. The number of nitrogens with zero attached hydrogens (tertiary/aromatic N) is 6. The van der Waals surface area contributed by atoms with Crippen molar-refractivity contribution in [3.8, 4) is 0 Å². The Labute approximate surface area is 172 Å². The molecule has 0 radical (unpaired) electrons. The molecule has 1 unspecified atom stereocenters. The van der Waals surface area contributed by atoms with Crippen molar-refractivity contribution in [2.75, 3.05) is 13.1 Å². The first-order chi connectivity index (χ1) is 14.6. The van der Waals surface area contributed by atoms with Crippen molar-refractivity contribution in [2.24, 2.45) is 0 Å². The van der Waals surface area contributed by atoms with E-state index in [2.05, 4.69) is 20.2 Å². The summed E-state index contributed by atoms with van der Waals surface area (Å²) in [4.78, 5) is 36.6. The topological polar surface area (TPSA) is 101 Å². The van der Waals surface area contributed by atoms with Gasteiger partial charge in [-0.3, -0.25) is 14.7 Å². The molecule has 0 saturated carbocycles. The molecule has 1 atom stereocenters. The van der Waals surface area contributed by atoms with Crippen LogP contribution in [0.4, 0.5) is 0 Å². The van der Waals surface area contributed by atoms with Gasteiger partial charge in [0, 0.05) is 54.4 Å². The average molecular weight is 405 g/mol. The largest absolute Gasteiger partial charge is 0.338 e. The smallest absolute Gasteiger partial charge is 0.276 e. The zero-order valence-corrected chi connectivity index (χ0v) is 17.0. The fraction of sp³-hybridized carbons (Fsp3) is 0.381. The number of nitrogens with one attached hydrogen (secondary N) is 1. The van der Waals surface area contributed by atoms with Gasteiger partial charge < -0.3 is 4.90 Å². The molecule has 30 heavy (non-hydrogen) atoms. The maximum atomic E-state index is 13.2. The third-order valence-electron chi connectivity index (χ3n) is 5.95. The lowest BCUT2D eigenvalue weighted by molar-refractivity contribution is 0.0707. The van der Waals surface area contributed by atoms with Crippen LogP contribution in [0, 0.1) is 6.92 Å². The number of fused-ring (bicyclic) bond motifs is 2. The Morgan fingerprint density at radius 1 is 1.37 bits per heavy atom. The maximum Gasteiger partial charge on any atom is 0.276 e. The Morgan fingerprint density at radius 3 is 3.07 bits per heavy atom. The summed E-state index contributed by atoms with van der Waals surface area (Å²) in [7, 11) is 0. The van der Waals surface area contributed by atoms with E-state index in [1.807, 2.05) is 24.8 Å². The highest BCUT2D eigenvalue weighted by Crippen LogP contribution is 2.28. The van der Waals surface area contributed by atoms with Gasteiger partial charge in [-0.1, -0.05) is 6.92 Å². The molecule has 4 aromatic heterocycles. The molecule has 1 aliphatic rings. The first kappa shape index (κ1) is 18.5. The Balaban J connectivity index is 1.45. The van der Waals surface area contributed by atoms with Crippen LogP contribution in [-0.4, -0.2) is 53.1 Å². The zero-order chi connectivity index (χ0) is 20.8. The standard InChI is InChI=1S/C21H23N7O2/c1-3-15-13(2)24-18-10-17(25-28(18)21(15)30)14-6-4-8-26(12-14)20(29)16-11-23-27-9-5-7-22-19(16)27/h5,7,9-11,14,25H,3-4,6,8,12H2,1-2H3.